The van der Waals surface area contributed by atoms with Gasteiger partial charge in [-0.3, -0.25) is 4.79 Å². The molecule has 0 atom stereocenters. The standard InChI is InChI=1S/C17H19NO/c1-2-18(16-11-7-4-8-12-16)14-13-17(19)15-9-5-3-6-10-15/h3-12H,2,13-14H2,1H3. The van der Waals surface area contributed by atoms with Crippen molar-refractivity contribution in [1.29, 1.82) is 0 Å². The van der Waals surface area contributed by atoms with Crippen molar-refractivity contribution in [2.75, 3.05) is 18.0 Å². The first-order valence-electron chi connectivity index (χ1n) is 6.69. The minimum atomic E-state index is 0.204. The maximum Gasteiger partial charge on any atom is 0.164 e. The highest BCUT2D eigenvalue weighted by molar-refractivity contribution is 5.96. The topological polar surface area (TPSA) is 20.3 Å². The van der Waals surface area contributed by atoms with Gasteiger partial charge in [0.1, 0.15) is 0 Å². The van der Waals surface area contributed by atoms with Crippen LogP contribution in [0.5, 0.6) is 0 Å². The molecule has 0 amide bonds. The van der Waals surface area contributed by atoms with Crippen LogP contribution in [0.4, 0.5) is 5.69 Å². The molecule has 0 saturated heterocycles. The molecule has 0 heterocycles. The summed E-state index contributed by atoms with van der Waals surface area (Å²) < 4.78 is 0. The monoisotopic (exact) mass is 253 g/mol. The number of hydrogen-bond donors (Lipinski definition) is 0. The van der Waals surface area contributed by atoms with E-state index in [4.69, 9.17) is 0 Å². The number of ketones is 1. The predicted molar refractivity (Wildman–Crippen MR) is 79.7 cm³/mol. The summed E-state index contributed by atoms with van der Waals surface area (Å²) in [6, 6.07) is 19.7. The Balaban J connectivity index is 1.96. The van der Waals surface area contributed by atoms with Gasteiger partial charge in [-0.1, -0.05) is 48.5 Å². The molecule has 0 N–H and O–H groups in total. The second-order valence-electron chi connectivity index (χ2n) is 4.45. The summed E-state index contributed by atoms with van der Waals surface area (Å²) in [7, 11) is 0. The van der Waals surface area contributed by atoms with Gasteiger partial charge in [0.15, 0.2) is 5.78 Å². The van der Waals surface area contributed by atoms with Gasteiger partial charge < -0.3 is 4.90 Å². The molecule has 0 aliphatic rings. The lowest BCUT2D eigenvalue weighted by Gasteiger charge is -2.22. The highest BCUT2D eigenvalue weighted by Gasteiger charge is 2.08. The predicted octanol–water partition coefficient (Wildman–Crippen LogP) is 3.79. The van der Waals surface area contributed by atoms with Crippen LogP contribution in [0.1, 0.15) is 23.7 Å². The van der Waals surface area contributed by atoms with Crippen molar-refractivity contribution < 1.29 is 4.79 Å². The summed E-state index contributed by atoms with van der Waals surface area (Å²) in [5.41, 5.74) is 1.97. The Bertz CT molecular complexity index is 507. The number of carbonyl (C=O) groups excluding carboxylic acids is 1. The molecule has 98 valence electrons. The zero-order valence-electron chi connectivity index (χ0n) is 11.3. The molecule has 2 aromatic carbocycles. The van der Waals surface area contributed by atoms with E-state index in [0.717, 1.165) is 18.7 Å². The third-order valence-electron chi connectivity index (χ3n) is 3.21. The molecule has 0 aromatic heterocycles. The van der Waals surface area contributed by atoms with Gasteiger partial charge in [0.25, 0.3) is 0 Å². The third kappa shape index (κ3) is 3.68. The molecule has 0 radical (unpaired) electrons. The molecule has 0 fully saturated rings. The Labute approximate surface area is 114 Å². The molecule has 0 aliphatic carbocycles. The summed E-state index contributed by atoms with van der Waals surface area (Å²) in [6.45, 7) is 3.78. The summed E-state index contributed by atoms with van der Waals surface area (Å²) >= 11 is 0. The number of nitrogens with zero attached hydrogens (tertiary/aromatic N) is 1. The van der Waals surface area contributed by atoms with Crippen molar-refractivity contribution in [3.05, 3.63) is 66.2 Å². The lowest BCUT2D eigenvalue weighted by atomic mass is 10.1. The second-order valence-corrected chi connectivity index (χ2v) is 4.45. The molecule has 2 heteroatoms. The third-order valence-corrected chi connectivity index (χ3v) is 3.21. The summed E-state index contributed by atoms with van der Waals surface area (Å²) in [5.74, 6) is 0.204. The minimum Gasteiger partial charge on any atom is -0.371 e. The molecule has 0 bridgehead atoms. The number of anilines is 1. The van der Waals surface area contributed by atoms with Gasteiger partial charge in [0.2, 0.25) is 0 Å². The fraction of sp³-hybridized carbons (Fsp3) is 0.235. The first-order chi connectivity index (χ1) is 9.31. The largest absolute Gasteiger partial charge is 0.371 e. The molecule has 0 aliphatic heterocycles. The Morgan fingerprint density at radius 3 is 2.11 bits per heavy atom. The molecule has 0 saturated carbocycles. The van der Waals surface area contributed by atoms with Gasteiger partial charge in [-0.15, -0.1) is 0 Å². The van der Waals surface area contributed by atoms with Crippen molar-refractivity contribution in [2.45, 2.75) is 13.3 Å². The van der Waals surface area contributed by atoms with Crippen LogP contribution >= 0.6 is 0 Å². The SMILES string of the molecule is CCN(CCC(=O)c1ccccc1)c1ccccc1. The zero-order chi connectivity index (χ0) is 13.5. The first-order valence-corrected chi connectivity index (χ1v) is 6.69. The Morgan fingerprint density at radius 2 is 1.53 bits per heavy atom. The van der Waals surface area contributed by atoms with E-state index >= 15 is 0 Å². The van der Waals surface area contributed by atoms with Crippen LogP contribution in [-0.2, 0) is 0 Å². The summed E-state index contributed by atoms with van der Waals surface area (Å²) in [5, 5.41) is 0. The molecule has 2 aromatic rings. The van der Waals surface area contributed by atoms with Gasteiger partial charge in [0, 0.05) is 30.8 Å². The molecular weight excluding hydrogens is 234 g/mol. The number of hydrogen-bond acceptors (Lipinski definition) is 2. The molecule has 2 nitrogen and oxygen atoms in total. The zero-order valence-corrected chi connectivity index (χ0v) is 11.3. The normalized spacial score (nSPS) is 10.2. The number of rotatable bonds is 6. The van der Waals surface area contributed by atoms with Crippen molar-refractivity contribution in [2.24, 2.45) is 0 Å². The lowest BCUT2D eigenvalue weighted by molar-refractivity contribution is 0.0984. The van der Waals surface area contributed by atoms with Crippen LogP contribution in [0.25, 0.3) is 0 Å². The highest BCUT2D eigenvalue weighted by Crippen LogP contribution is 2.14. The molecule has 0 spiro atoms. The average Bonchev–Trinajstić information content (AvgIpc) is 2.49. The minimum absolute atomic E-state index is 0.204. The maximum atomic E-state index is 12.1. The Hall–Kier alpha value is -2.09. The van der Waals surface area contributed by atoms with Crippen molar-refractivity contribution in [3.8, 4) is 0 Å². The van der Waals surface area contributed by atoms with Gasteiger partial charge in [-0.25, -0.2) is 0 Å². The average molecular weight is 253 g/mol. The molecule has 2 rings (SSSR count). The van der Waals surface area contributed by atoms with E-state index in [1.807, 2.05) is 48.5 Å². The van der Waals surface area contributed by atoms with Crippen LogP contribution in [-0.4, -0.2) is 18.9 Å². The first kappa shape index (κ1) is 13.3. The van der Waals surface area contributed by atoms with Gasteiger partial charge >= 0.3 is 0 Å². The van der Waals surface area contributed by atoms with Crippen LogP contribution in [0.2, 0.25) is 0 Å². The van der Waals surface area contributed by atoms with Crippen molar-refractivity contribution in [1.82, 2.24) is 0 Å². The molecular formula is C17H19NO. The van der Waals surface area contributed by atoms with E-state index in [-0.39, 0.29) is 5.78 Å². The van der Waals surface area contributed by atoms with Crippen LogP contribution < -0.4 is 4.90 Å². The van der Waals surface area contributed by atoms with Gasteiger partial charge in [-0.2, -0.15) is 0 Å². The number of Topliss-reactive ketones (excluding diaryl/α,β-unsaturated/α-hetero) is 1. The number of benzene rings is 2. The molecule has 0 unspecified atom stereocenters. The van der Waals surface area contributed by atoms with Crippen molar-refractivity contribution >= 4 is 11.5 Å². The molecule has 19 heavy (non-hydrogen) atoms. The Kier molecular flexibility index (Phi) is 4.73. The van der Waals surface area contributed by atoms with E-state index in [1.54, 1.807) is 0 Å². The summed E-state index contributed by atoms with van der Waals surface area (Å²) in [4.78, 5) is 14.3. The van der Waals surface area contributed by atoms with E-state index < -0.39 is 0 Å². The smallest absolute Gasteiger partial charge is 0.164 e. The quantitative estimate of drug-likeness (QED) is 0.730. The van der Waals surface area contributed by atoms with Crippen LogP contribution in [0, 0.1) is 0 Å². The van der Waals surface area contributed by atoms with Crippen LogP contribution in [0.15, 0.2) is 60.7 Å². The van der Waals surface area contributed by atoms with Crippen LogP contribution in [0.3, 0.4) is 0 Å². The second kappa shape index (κ2) is 6.74. The fourth-order valence-electron chi connectivity index (χ4n) is 2.11. The number of para-hydroxylation sites is 1. The highest BCUT2D eigenvalue weighted by atomic mass is 16.1. The fourth-order valence-corrected chi connectivity index (χ4v) is 2.11. The van der Waals surface area contributed by atoms with E-state index in [9.17, 15) is 4.79 Å². The Morgan fingerprint density at radius 1 is 0.947 bits per heavy atom. The maximum absolute atomic E-state index is 12.1. The van der Waals surface area contributed by atoms with Gasteiger partial charge in [-0.05, 0) is 19.1 Å². The van der Waals surface area contributed by atoms with Crippen molar-refractivity contribution in [3.63, 3.8) is 0 Å². The van der Waals surface area contributed by atoms with E-state index in [0.29, 0.717) is 6.42 Å². The lowest BCUT2D eigenvalue weighted by Crippen LogP contribution is -2.25. The van der Waals surface area contributed by atoms with E-state index in [2.05, 4.69) is 24.0 Å². The van der Waals surface area contributed by atoms with Gasteiger partial charge in [0.05, 0.1) is 0 Å². The number of carbonyl (C=O) groups is 1. The summed E-state index contributed by atoms with van der Waals surface area (Å²) in [6.07, 6.45) is 0.548. The van der Waals surface area contributed by atoms with E-state index in [1.165, 1.54) is 5.69 Å².